The zero-order valence-corrected chi connectivity index (χ0v) is 15.7. The molecule has 0 aliphatic heterocycles. The molecular weight excluding hydrogens is 323 g/mol. The van der Waals surface area contributed by atoms with Gasteiger partial charge < -0.3 is 5.11 Å². The zero-order valence-electron chi connectivity index (χ0n) is 15.7. The van der Waals surface area contributed by atoms with E-state index in [2.05, 4.69) is 45.1 Å². The van der Waals surface area contributed by atoms with E-state index >= 15 is 0 Å². The number of hydrogen-bond acceptors (Lipinski definition) is 1. The number of hydrogen-bond donors (Lipinski definition) is 1. The van der Waals surface area contributed by atoms with Gasteiger partial charge in [-0.25, -0.2) is 4.39 Å². The van der Waals surface area contributed by atoms with E-state index in [9.17, 15) is 9.50 Å². The van der Waals surface area contributed by atoms with E-state index in [1.165, 1.54) is 17.7 Å². The predicted octanol–water partition coefficient (Wildman–Crippen LogP) is 7.01. The highest BCUT2D eigenvalue weighted by Crippen LogP contribution is 2.30. The van der Waals surface area contributed by atoms with Gasteiger partial charge in [-0.3, -0.25) is 0 Å². The molecule has 2 aromatic carbocycles. The van der Waals surface area contributed by atoms with Crippen LogP contribution in [0, 0.1) is 11.2 Å². The van der Waals surface area contributed by atoms with Crippen LogP contribution in [0.5, 0.6) is 5.75 Å². The van der Waals surface area contributed by atoms with Crippen molar-refractivity contribution < 1.29 is 9.50 Å². The number of rotatable bonds is 7. The maximum atomic E-state index is 13.4. The van der Waals surface area contributed by atoms with Gasteiger partial charge in [0, 0.05) is 5.41 Å². The normalized spacial score (nSPS) is 13.8. The van der Waals surface area contributed by atoms with Gasteiger partial charge in [0.05, 0.1) is 0 Å². The molecule has 1 atom stereocenters. The van der Waals surface area contributed by atoms with E-state index in [1.54, 1.807) is 18.2 Å². The Morgan fingerprint density at radius 2 is 1.65 bits per heavy atom. The van der Waals surface area contributed by atoms with Crippen molar-refractivity contribution in [2.24, 2.45) is 5.41 Å². The molecule has 0 unspecified atom stereocenters. The summed E-state index contributed by atoms with van der Waals surface area (Å²) in [6.07, 6.45) is 12.5. The second-order valence-corrected chi connectivity index (χ2v) is 7.14. The molecule has 0 aromatic heterocycles. The molecule has 2 aromatic rings. The molecule has 136 valence electrons. The average Bonchev–Trinajstić information content (AvgIpc) is 2.60. The van der Waals surface area contributed by atoms with Crippen LogP contribution in [-0.2, 0) is 0 Å². The smallest absolute Gasteiger partial charge is 0.123 e. The average molecular weight is 350 g/mol. The van der Waals surface area contributed by atoms with Gasteiger partial charge in [-0.05, 0) is 62.1 Å². The molecule has 0 radical (unpaired) electrons. The number of aromatic hydroxyl groups is 1. The summed E-state index contributed by atoms with van der Waals surface area (Å²) >= 11 is 0. The van der Waals surface area contributed by atoms with Crippen LogP contribution in [0.15, 0.2) is 72.3 Å². The van der Waals surface area contributed by atoms with Gasteiger partial charge in [-0.15, -0.1) is 0 Å². The van der Waals surface area contributed by atoms with Crippen LogP contribution in [0.3, 0.4) is 0 Å². The lowest BCUT2D eigenvalue weighted by Gasteiger charge is -2.21. The standard InChI is InChI=1S/C24H27FO/c1-19(2)6-5-15-24(3,16-13-20-9-11-23(26)12-10-20)17-14-21-7-4-8-22(25)18-21/h4,6-14,16-18,26H,5,15H2,1-3H3/b16-13+,17-14+/t24-/m1/s1. The summed E-state index contributed by atoms with van der Waals surface area (Å²) in [4.78, 5) is 0. The van der Waals surface area contributed by atoms with Crippen LogP contribution in [0.1, 0.15) is 44.7 Å². The molecule has 1 N–H and O–H groups in total. The van der Waals surface area contributed by atoms with E-state index in [4.69, 9.17) is 0 Å². The zero-order chi connectivity index (χ0) is 19.0. The molecule has 0 saturated carbocycles. The van der Waals surface area contributed by atoms with Crippen molar-refractivity contribution in [1.29, 1.82) is 0 Å². The number of benzene rings is 2. The third-order valence-corrected chi connectivity index (χ3v) is 4.29. The van der Waals surface area contributed by atoms with E-state index in [0.717, 1.165) is 24.0 Å². The van der Waals surface area contributed by atoms with Crippen molar-refractivity contribution in [2.45, 2.75) is 33.6 Å². The second-order valence-electron chi connectivity index (χ2n) is 7.14. The molecule has 0 fully saturated rings. The van der Waals surface area contributed by atoms with Crippen LogP contribution >= 0.6 is 0 Å². The number of halogens is 1. The minimum absolute atomic E-state index is 0.157. The molecule has 0 saturated heterocycles. The van der Waals surface area contributed by atoms with Crippen molar-refractivity contribution in [2.75, 3.05) is 0 Å². The maximum absolute atomic E-state index is 13.4. The Morgan fingerprint density at radius 1 is 1.00 bits per heavy atom. The maximum Gasteiger partial charge on any atom is 0.123 e. The third-order valence-electron chi connectivity index (χ3n) is 4.29. The summed E-state index contributed by atoms with van der Waals surface area (Å²) in [7, 11) is 0. The fourth-order valence-corrected chi connectivity index (χ4v) is 2.66. The molecule has 0 bridgehead atoms. The molecule has 0 amide bonds. The minimum Gasteiger partial charge on any atom is -0.508 e. The van der Waals surface area contributed by atoms with Gasteiger partial charge in [0.1, 0.15) is 11.6 Å². The molecule has 2 heteroatoms. The second kappa shape index (κ2) is 9.19. The Morgan fingerprint density at radius 3 is 2.27 bits per heavy atom. The number of phenols is 1. The van der Waals surface area contributed by atoms with Gasteiger partial charge >= 0.3 is 0 Å². The Labute approximate surface area is 156 Å². The van der Waals surface area contributed by atoms with Crippen molar-refractivity contribution in [3.8, 4) is 5.75 Å². The molecule has 0 spiro atoms. The van der Waals surface area contributed by atoms with E-state index in [0.29, 0.717) is 0 Å². The van der Waals surface area contributed by atoms with Crippen LogP contribution in [-0.4, -0.2) is 5.11 Å². The lowest BCUT2D eigenvalue weighted by molar-refractivity contribution is 0.475. The SMILES string of the molecule is CC(C)=CCC[C@](C)(/C=C/c1ccc(O)cc1)/C=C/c1cccc(F)c1. The van der Waals surface area contributed by atoms with Gasteiger partial charge in [0.2, 0.25) is 0 Å². The molecule has 0 heterocycles. The molecule has 26 heavy (non-hydrogen) atoms. The fourth-order valence-electron chi connectivity index (χ4n) is 2.66. The van der Waals surface area contributed by atoms with E-state index < -0.39 is 0 Å². The third kappa shape index (κ3) is 6.72. The summed E-state index contributed by atoms with van der Waals surface area (Å²) in [6, 6.07) is 13.8. The van der Waals surface area contributed by atoms with Gasteiger partial charge in [-0.2, -0.15) is 0 Å². The van der Waals surface area contributed by atoms with Crippen molar-refractivity contribution in [3.63, 3.8) is 0 Å². The first-order valence-corrected chi connectivity index (χ1v) is 8.93. The Bertz CT molecular complexity index is 795. The lowest BCUT2D eigenvalue weighted by atomic mass is 9.83. The fraction of sp³-hybridized carbons (Fsp3) is 0.250. The van der Waals surface area contributed by atoms with Crippen molar-refractivity contribution in [3.05, 3.63) is 89.3 Å². The van der Waals surface area contributed by atoms with Crippen molar-refractivity contribution >= 4 is 12.2 Å². The first kappa shape index (κ1) is 19.7. The highest BCUT2D eigenvalue weighted by molar-refractivity contribution is 5.55. The summed E-state index contributed by atoms with van der Waals surface area (Å²) in [5.41, 5.74) is 3.05. The number of allylic oxidation sites excluding steroid dienone is 4. The van der Waals surface area contributed by atoms with E-state index in [1.807, 2.05) is 24.3 Å². The molecular formula is C24H27FO. The molecule has 1 nitrogen and oxygen atoms in total. The monoisotopic (exact) mass is 350 g/mol. The van der Waals surface area contributed by atoms with Gasteiger partial charge in [-0.1, -0.05) is 67.1 Å². The topological polar surface area (TPSA) is 20.2 Å². The van der Waals surface area contributed by atoms with Crippen LogP contribution in [0.2, 0.25) is 0 Å². The summed E-state index contributed by atoms with van der Waals surface area (Å²) in [5, 5.41) is 9.41. The minimum atomic E-state index is -0.224. The van der Waals surface area contributed by atoms with E-state index in [-0.39, 0.29) is 17.0 Å². The Kier molecular flexibility index (Phi) is 6.97. The van der Waals surface area contributed by atoms with Gasteiger partial charge in [0.25, 0.3) is 0 Å². The van der Waals surface area contributed by atoms with Crippen molar-refractivity contribution in [1.82, 2.24) is 0 Å². The highest BCUT2D eigenvalue weighted by Gasteiger charge is 2.16. The lowest BCUT2D eigenvalue weighted by Crippen LogP contribution is -2.09. The largest absolute Gasteiger partial charge is 0.508 e. The first-order chi connectivity index (χ1) is 12.4. The quantitative estimate of drug-likeness (QED) is 0.532. The van der Waals surface area contributed by atoms with Crippen LogP contribution < -0.4 is 0 Å². The molecule has 0 aliphatic carbocycles. The number of phenolic OH excluding ortho intramolecular Hbond substituents is 1. The summed E-state index contributed by atoms with van der Waals surface area (Å²) < 4.78 is 13.4. The van der Waals surface area contributed by atoms with Gasteiger partial charge in [0.15, 0.2) is 0 Å². The highest BCUT2D eigenvalue weighted by atomic mass is 19.1. The predicted molar refractivity (Wildman–Crippen MR) is 109 cm³/mol. The van der Waals surface area contributed by atoms with Crippen LogP contribution in [0.25, 0.3) is 12.2 Å². The molecule has 2 rings (SSSR count). The Balaban J connectivity index is 2.22. The van der Waals surface area contributed by atoms with Crippen LogP contribution in [0.4, 0.5) is 4.39 Å². The Hall–Kier alpha value is -2.61. The molecule has 0 aliphatic rings. The summed E-state index contributed by atoms with van der Waals surface area (Å²) in [6.45, 7) is 6.39. The summed E-state index contributed by atoms with van der Waals surface area (Å²) in [5.74, 6) is 0.0394. The first-order valence-electron chi connectivity index (χ1n) is 8.93.